The van der Waals surface area contributed by atoms with Gasteiger partial charge < -0.3 is 11.5 Å². The van der Waals surface area contributed by atoms with Crippen LogP contribution >= 0.6 is 0 Å². The number of rotatable bonds is 3. The molecule has 0 aliphatic carbocycles. The molecule has 0 atom stereocenters. The minimum Gasteiger partial charge on any atom is -0.398 e. The summed E-state index contributed by atoms with van der Waals surface area (Å²) < 4.78 is 0. The van der Waals surface area contributed by atoms with E-state index >= 15 is 0 Å². The van der Waals surface area contributed by atoms with Gasteiger partial charge in [0, 0.05) is 34.3 Å². The van der Waals surface area contributed by atoms with Crippen molar-refractivity contribution in [2.45, 2.75) is 6.92 Å². The van der Waals surface area contributed by atoms with E-state index < -0.39 is 5.91 Å². The molecule has 2 aromatic rings. The van der Waals surface area contributed by atoms with Crippen LogP contribution in [-0.4, -0.2) is 16.6 Å². The number of hydrogen-bond donors (Lipinski definition) is 3. The van der Waals surface area contributed by atoms with Gasteiger partial charge in [-0.1, -0.05) is 0 Å². The Balaban J connectivity index is 2.49. The standard InChI is InChI=1S/C14H14N4O/c1-8-6-9(4-5-18-8)13(16)11-7-10(14(17)19)2-3-12(11)15/h2-7,16H,15H2,1H3,(H2,17,19). The van der Waals surface area contributed by atoms with Gasteiger partial charge in [0.1, 0.15) is 0 Å². The Hall–Kier alpha value is -2.69. The number of benzene rings is 1. The highest BCUT2D eigenvalue weighted by molar-refractivity contribution is 6.14. The van der Waals surface area contributed by atoms with Crippen LogP contribution in [0.1, 0.15) is 27.2 Å². The number of nitrogens with zero attached hydrogens (tertiary/aromatic N) is 1. The molecule has 0 saturated heterocycles. The number of amides is 1. The van der Waals surface area contributed by atoms with Crippen LogP contribution in [0.5, 0.6) is 0 Å². The highest BCUT2D eigenvalue weighted by Crippen LogP contribution is 2.18. The zero-order valence-corrected chi connectivity index (χ0v) is 10.5. The number of nitrogens with one attached hydrogen (secondary N) is 1. The maximum Gasteiger partial charge on any atom is 0.248 e. The van der Waals surface area contributed by atoms with E-state index in [-0.39, 0.29) is 5.71 Å². The molecular weight excluding hydrogens is 240 g/mol. The average molecular weight is 254 g/mol. The lowest BCUT2D eigenvalue weighted by atomic mass is 9.99. The fourth-order valence-electron chi connectivity index (χ4n) is 1.78. The van der Waals surface area contributed by atoms with Gasteiger partial charge in [-0.05, 0) is 37.3 Å². The number of pyridine rings is 1. The van der Waals surface area contributed by atoms with Crippen molar-refractivity contribution in [3.05, 3.63) is 58.9 Å². The second-order valence-electron chi connectivity index (χ2n) is 4.23. The summed E-state index contributed by atoms with van der Waals surface area (Å²) in [6.07, 6.45) is 1.63. The molecule has 5 nitrogen and oxygen atoms in total. The van der Waals surface area contributed by atoms with Crippen molar-refractivity contribution in [2.24, 2.45) is 5.73 Å². The molecule has 0 aliphatic rings. The third kappa shape index (κ3) is 2.60. The first kappa shape index (κ1) is 12.8. The van der Waals surface area contributed by atoms with Crippen molar-refractivity contribution < 1.29 is 4.79 Å². The van der Waals surface area contributed by atoms with Gasteiger partial charge in [-0.15, -0.1) is 0 Å². The van der Waals surface area contributed by atoms with Gasteiger partial charge in [0.2, 0.25) is 5.91 Å². The smallest absolute Gasteiger partial charge is 0.248 e. The van der Waals surface area contributed by atoms with Crippen LogP contribution in [0.2, 0.25) is 0 Å². The highest BCUT2D eigenvalue weighted by atomic mass is 16.1. The molecule has 0 unspecified atom stereocenters. The van der Waals surface area contributed by atoms with E-state index in [0.29, 0.717) is 22.4 Å². The summed E-state index contributed by atoms with van der Waals surface area (Å²) in [5, 5.41) is 8.19. The number of carbonyl (C=O) groups excluding carboxylic acids is 1. The van der Waals surface area contributed by atoms with Gasteiger partial charge in [0.15, 0.2) is 0 Å². The normalized spacial score (nSPS) is 10.2. The number of carbonyl (C=O) groups is 1. The molecule has 2 rings (SSSR count). The summed E-state index contributed by atoms with van der Waals surface area (Å²) in [6.45, 7) is 1.85. The SMILES string of the molecule is Cc1cc(C(=N)c2cc(C(N)=O)ccc2N)ccn1. The van der Waals surface area contributed by atoms with Crippen molar-refractivity contribution in [3.63, 3.8) is 0 Å². The van der Waals surface area contributed by atoms with Crippen molar-refractivity contribution in [1.82, 2.24) is 4.98 Å². The fraction of sp³-hybridized carbons (Fsp3) is 0.0714. The number of nitrogen functional groups attached to an aromatic ring is 1. The summed E-state index contributed by atoms with van der Waals surface area (Å²) in [5.74, 6) is -0.542. The second-order valence-corrected chi connectivity index (χ2v) is 4.23. The third-order valence-electron chi connectivity index (χ3n) is 2.79. The lowest BCUT2D eigenvalue weighted by Gasteiger charge is -2.09. The van der Waals surface area contributed by atoms with Crippen LogP contribution in [0.25, 0.3) is 0 Å². The maximum absolute atomic E-state index is 11.2. The molecule has 0 aliphatic heterocycles. The summed E-state index contributed by atoms with van der Waals surface area (Å²) in [5.41, 5.74) is 14.1. The Kier molecular flexibility index (Phi) is 3.29. The molecule has 0 saturated carbocycles. The van der Waals surface area contributed by atoms with E-state index in [4.69, 9.17) is 16.9 Å². The van der Waals surface area contributed by atoms with Gasteiger partial charge in [-0.3, -0.25) is 15.2 Å². The molecule has 1 aromatic carbocycles. The predicted octanol–water partition coefficient (Wildman–Crippen LogP) is 1.49. The first-order valence-electron chi connectivity index (χ1n) is 5.70. The molecule has 5 heteroatoms. The van der Waals surface area contributed by atoms with E-state index in [1.807, 2.05) is 6.92 Å². The Morgan fingerprint density at radius 3 is 2.58 bits per heavy atom. The lowest BCUT2D eigenvalue weighted by molar-refractivity contribution is 0.100. The molecular formula is C14H14N4O. The first-order chi connectivity index (χ1) is 8.99. The average Bonchev–Trinajstić information content (AvgIpc) is 2.38. The summed E-state index contributed by atoms with van der Waals surface area (Å²) >= 11 is 0. The summed E-state index contributed by atoms with van der Waals surface area (Å²) in [6, 6.07) is 8.18. The van der Waals surface area contributed by atoms with Gasteiger partial charge in [0.25, 0.3) is 0 Å². The zero-order valence-electron chi connectivity index (χ0n) is 10.5. The molecule has 19 heavy (non-hydrogen) atoms. The Labute approximate surface area is 110 Å². The molecule has 0 fully saturated rings. The highest BCUT2D eigenvalue weighted by Gasteiger charge is 2.11. The molecule has 0 spiro atoms. The van der Waals surface area contributed by atoms with E-state index in [2.05, 4.69) is 4.98 Å². The van der Waals surface area contributed by atoms with Crippen molar-refractivity contribution in [3.8, 4) is 0 Å². The number of nitrogens with two attached hydrogens (primary N) is 2. The van der Waals surface area contributed by atoms with Crippen molar-refractivity contribution in [1.29, 1.82) is 5.41 Å². The molecule has 1 heterocycles. The summed E-state index contributed by atoms with van der Waals surface area (Å²) in [4.78, 5) is 15.3. The van der Waals surface area contributed by atoms with Crippen LogP contribution in [0.4, 0.5) is 5.69 Å². The molecule has 5 N–H and O–H groups in total. The van der Waals surface area contributed by atoms with E-state index in [9.17, 15) is 4.79 Å². The first-order valence-corrected chi connectivity index (χ1v) is 5.70. The van der Waals surface area contributed by atoms with Crippen molar-refractivity contribution >= 4 is 17.3 Å². The molecule has 96 valence electrons. The Bertz CT molecular complexity index is 664. The second kappa shape index (κ2) is 4.89. The van der Waals surface area contributed by atoms with Gasteiger partial charge in [-0.25, -0.2) is 0 Å². The summed E-state index contributed by atoms with van der Waals surface area (Å²) in [7, 11) is 0. The minimum absolute atomic E-state index is 0.242. The number of primary amides is 1. The van der Waals surface area contributed by atoms with Crippen LogP contribution < -0.4 is 11.5 Å². The van der Waals surface area contributed by atoms with E-state index in [1.54, 1.807) is 30.5 Å². The van der Waals surface area contributed by atoms with Crippen molar-refractivity contribution in [2.75, 3.05) is 5.73 Å². The van der Waals surface area contributed by atoms with Gasteiger partial charge in [0.05, 0.1) is 5.71 Å². The van der Waals surface area contributed by atoms with Gasteiger partial charge in [-0.2, -0.15) is 0 Å². The predicted molar refractivity (Wildman–Crippen MR) is 74.3 cm³/mol. The Morgan fingerprint density at radius 2 is 1.95 bits per heavy atom. The Morgan fingerprint density at radius 1 is 1.21 bits per heavy atom. The largest absolute Gasteiger partial charge is 0.398 e. The fourth-order valence-corrected chi connectivity index (χ4v) is 1.78. The van der Waals surface area contributed by atoms with Crippen LogP contribution in [0, 0.1) is 12.3 Å². The van der Waals surface area contributed by atoms with Crippen LogP contribution in [-0.2, 0) is 0 Å². The zero-order chi connectivity index (χ0) is 14.0. The van der Waals surface area contributed by atoms with Crippen LogP contribution in [0.15, 0.2) is 36.5 Å². The third-order valence-corrected chi connectivity index (χ3v) is 2.79. The number of hydrogen-bond acceptors (Lipinski definition) is 4. The molecule has 1 aromatic heterocycles. The lowest BCUT2D eigenvalue weighted by Crippen LogP contribution is -2.13. The molecule has 1 amide bonds. The quantitative estimate of drug-likeness (QED) is 0.570. The number of aromatic nitrogens is 1. The minimum atomic E-state index is -0.542. The maximum atomic E-state index is 11.2. The molecule has 0 radical (unpaired) electrons. The topological polar surface area (TPSA) is 106 Å². The van der Waals surface area contributed by atoms with Gasteiger partial charge >= 0.3 is 0 Å². The van der Waals surface area contributed by atoms with E-state index in [1.165, 1.54) is 6.07 Å². The monoisotopic (exact) mass is 254 g/mol. The number of anilines is 1. The number of aryl methyl sites for hydroxylation is 1. The molecule has 0 bridgehead atoms. The van der Waals surface area contributed by atoms with E-state index in [0.717, 1.165) is 5.69 Å². The van der Waals surface area contributed by atoms with Crippen LogP contribution in [0.3, 0.4) is 0 Å².